The summed E-state index contributed by atoms with van der Waals surface area (Å²) < 4.78 is 27.3. The third kappa shape index (κ3) is 2.40. The van der Waals surface area contributed by atoms with Gasteiger partial charge >= 0.3 is 0 Å². The highest BCUT2D eigenvalue weighted by Gasteiger charge is 2.15. The second kappa shape index (κ2) is 5.36. The van der Waals surface area contributed by atoms with Gasteiger partial charge < -0.3 is 4.98 Å². The number of para-hydroxylation sites is 1. The van der Waals surface area contributed by atoms with Crippen LogP contribution in [0.15, 0.2) is 72.8 Å². The van der Waals surface area contributed by atoms with Gasteiger partial charge in [0.15, 0.2) is 0 Å². The maximum atomic E-state index is 13.7. The predicted octanol–water partition coefficient (Wildman–Crippen LogP) is 5.78. The molecule has 0 aliphatic heterocycles. The molecule has 0 atom stereocenters. The number of hydrogen-bond acceptors (Lipinski definition) is 0. The molecule has 0 unspecified atom stereocenters. The van der Waals surface area contributed by atoms with Gasteiger partial charge in [0.05, 0.1) is 5.69 Å². The molecule has 1 N–H and O–H groups in total. The van der Waals surface area contributed by atoms with Gasteiger partial charge in [0.1, 0.15) is 11.6 Å². The smallest absolute Gasteiger partial charge is 0.123 e. The van der Waals surface area contributed by atoms with Crippen LogP contribution in [0.4, 0.5) is 8.78 Å². The van der Waals surface area contributed by atoms with Crippen LogP contribution in [0.25, 0.3) is 33.3 Å². The summed E-state index contributed by atoms with van der Waals surface area (Å²) in [6.07, 6.45) is 0. The highest BCUT2D eigenvalue weighted by Crippen LogP contribution is 2.38. The number of fused-ring (bicyclic) bond motifs is 1. The maximum Gasteiger partial charge on any atom is 0.123 e. The molecule has 1 aromatic heterocycles. The number of benzene rings is 3. The fraction of sp³-hybridized carbons (Fsp3) is 0. The van der Waals surface area contributed by atoms with Crippen LogP contribution >= 0.6 is 0 Å². The summed E-state index contributed by atoms with van der Waals surface area (Å²) in [4.78, 5) is 3.34. The lowest BCUT2D eigenvalue weighted by atomic mass is 9.98. The minimum Gasteiger partial charge on any atom is -0.354 e. The molecule has 4 aromatic rings. The summed E-state index contributed by atoms with van der Waals surface area (Å²) in [5.41, 5.74) is 4.11. The minimum atomic E-state index is -0.300. The number of nitrogens with one attached hydrogen (secondary N) is 1. The second-order valence-electron chi connectivity index (χ2n) is 5.44. The Morgan fingerprint density at radius 2 is 1.30 bits per heavy atom. The van der Waals surface area contributed by atoms with E-state index in [4.69, 9.17) is 0 Å². The number of rotatable bonds is 2. The van der Waals surface area contributed by atoms with Gasteiger partial charge in [-0.15, -0.1) is 0 Å². The number of H-pyrrole nitrogens is 1. The zero-order valence-electron chi connectivity index (χ0n) is 12.2. The largest absolute Gasteiger partial charge is 0.354 e. The van der Waals surface area contributed by atoms with Crippen molar-refractivity contribution in [1.29, 1.82) is 0 Å². The average molecular weight is 305 g/mol. The van der Waals surface area contributed by atoms with Crippen LogP contribution in [0, 0.1) is 11.6 Å². The van der Waals surface area contributed by atoms with Crippen molar-refractivity contribution in [3.8, 4) is 22.4 Å². The second-order valence-corrected chi connectivity index (χ2v) is 5.44. The molecule has 0 saturated carbocycles. The van der Waals surface area contributed by atoms with E-state index in [9.17, 15) is 8.78 Å². The number of hydrogen-bond donors (Lipinski definition) is 1. The van der Waals surface area contributed by atoms with Gasteiger partial charge in [0.25, 0.3) is 0 Å². The number of halogens is 2. The van der Waals surface area contributed by atoms with E-state index in [1.165, 1.54) is 24.3 Å². The van der Waals surface area contributed by atoms with Crippen LogP contribution in [0.5, 0.6) is 0 Å². The highest BCUT2D eigenvalue weighted by molar-refractivity contribution is 6.03. The van der Waals surface area contributed by atoms with Gasteiger partial charge in [-0.1, -0.05) is 42.5 Å². The average Bonchev–Trinajstić information content (AvgIpc) is 2.94. The van der Waals surface area contributed by atoms with Gasteiger partial charge in [-0.2, -0.15) is 0 Å². The molecule has 0 fully saturated rings. The normalized spacial score (nSPS) is 11.0. The Balaban J connectivity index is 2.06. The summed E-state index contributed by atoms with van der Waals surface area (Å²) in [6, 6.07) is 20.7. The first-order valence-electron chi connectivity index (χ1n) is 7.35. The molecule has 0 amide bonds. The SMILES string of the molecule is Fc1cccc(-c2[nH]c3ccccc3c2-c2cccc(F)c2)c1. The van der Waals surface area contributed by atoms with Crippen LogP contribution in [0.2, 0.25) is 0 Å². The summed E-state index contributed by atoms with van der Waals surface area (Å²) in [5, 5.41) is 0.984. The summed E-state index contributed by atoms with van der Waals surface area (Å²) in [5.74, 6) is -0.593. The Morgan fingerprint density at radius 1 is 0.652 bits per heavy atom. The van der Waals surface area contributed by atoms with Crippen molar-refractivity contribution < 1.29 is 8.78 Å². The molecular formula is C20H13F2N. The van der Waals surface area contributed by atoms with Crippen LogP contribution in [0.1, 0.15) is 0 Å². The van der Waals surface area contributed by atoms with Crippen molar-refractivity contribution in [1.82, 2.24) is 4.98 Å². The highest BCUT2D eigenvalue weighted by atomic mass is 19.1. The third-order valence-electron chi connectivity index (χ3n) is 3.93. The van der Waals surface area contributed by atoms with E-state index in [1.54, 1.807) is 12.1 Å². The molecule has 0 bridgehead atoms. The molecule has 0 spiro atoms. The number of aromatic nitrogens is 1. The fourth-order valence-corrected chi connectivity index (χ4v) is 2.95. The standard InChI is InChI=1S/C20H13F2N/c21-15-7-3-5-13(11-15)19-17-9-1-2-10-18(17)23-20(19)14-6-4-8-16(22)12-14/h1-12,23H. The Kier molecular flexibility index (Phi) is 3.19. The Labute approximate surface area is 132 Å². The van der Waals surface area contributed by atoms with E-state index in [2.05, 4.69) is 4.98 Å². The van der Waals surface area contributed by atoms with E-state index < -0.39 is 0 Å². The van der Waals surface area contributed by atoms with E-state index in [0.29, 0.717) is 0 Å². The molecule has 3 aromatic carbocycles. The topological polar surface area (TPSA) is 15.8 Å². The quantitative estimate of drug-likeness (QED) is 0.483. The first kappa shape index (κ1) is 13.7. The molecule has 0 aliphatic rings. The van der Waals surface area contributed by atoms with Crippen molar-refractivity contribution in [3.63, 3.8) is 0 Å². The lowest BCUT2D eigenvalue weighted by molar-refractivity contribution is 0.627. The van der Waals surface area contributed by atoms with E-state index in [0.717, 1.165) is 33.3 Å². The molecule has 4 rings (SSSR count). The van der Waals surface area contributed by atoms with Crippen molar-refractivity contribution in [3.05, 3.63) is 84.4 Å². The van der Waals surface area contributed by atoms with Crippen molar-refractivity contribution >= 4 is 10.9 Å². The van der Waals surface area contributed by atoms with Gasteiger partial charge in [-0.25, -0.2) is 8.78 Å². The van der Waals surface area contributed by atoms with E-state index >= 15 is 0 Å². The summed E-state index contributed by atoms with van der Waals surface area (Å²) in [6.45, 7) is 0. The summed E-state index contributed by atoms with van der Waals surface area (Å²) in [7, 11) is 0. The van der Waals surface area contributed by atoms with Crippen molar-refractivity contribution in [2.24, 2.45) is 0 Å². The van der Waals surface area contributed by atoms with Crippen LogP contribution in [0.3, 0.4) is 0 Å². The molecule has 112 valence electrons. The molecule has 3 heteroatoms. The van der Waals surface area contributed by atoms with Crippen LogP contribution in [-0.4, -0.2) is 4.98 Å². The lowest BCUT2D eigenvalue weighted by Gasteiger charge is -2.06. The molecule has 1 heterocycles. The maximum absolute atomic E-state index is 13.7. The molecule has 0 saturated heterocycles. The van der Waals surface area contributed by atoms with Crippen molar-refractivity contribution in [2.45, 2.75) is 0 Å². The van der Waals surface area contributed by atoms with E-state index in [1.807, 2.05) is 36.4 Å². The molecule has 0 radical (unpaired) electrons. The van der Waals surface area contributed by atoms with Crippen LogP contribution < -0.4 is 0 Å². The lowest BCUT2D eigenvalue weighted by Crippen LogP contribution is -1.85. The zero-order valence-corrected chi connectivity index (χ0v) is 12.2. The van der Waals surface area contributed by atoms with Gasteiger partial charge in [0, 0.05) is 22.0 Å². The van der Waals surface area contributed by atoms with Gasteiger partial charge in [-0.05, 0) is 35.9 Å². The van der Waals surface area contributed by atoms with Crippen molar-refractivity contribution in [2.75, 3.05) is 0 Å². The molecule has 0 aliphatic carbocycles. The molecular weight excluding hydrogens is 292 g/mol. The molecule has 1 nitrogen and oxygen atoms in total. The Bertz CT molecular complexity index is 1000. The summed E-state index contributed by atoms with van der Waals surface area (Å²) >= 11 is 0. The third-order valence-corrected chi connectivity index (χ3v) is 3.93. The monoisotopic (exact) mass is 305 g/mol. The first-order valence-corrected chi connectivity index (χ1v) is 7.35. The molecule has 23 heavy (non-hydrogen) atoms. The van der Waals surface area contributed by atoms with E-state index in [-0.39, 0.29) is 11.6 Å². The zero-order chi connectivity index (χ0) is 15.8. The first-order chi connectivity index (χ1) is 11.2. The van der Waals surface area contributed by atoms with Crippen LogP contribution in [-0.2, 0) is 0 Å². The predicted molar refractivity (Wildman–Crippen MR) is 89.1 cm³/mol. The fourth-order valence-electron chi connectivity index (χ4n) is 2.95. The minimum absolute atomic E-state index is 0.294. The Hall–Kier alpha value is -2.94. The van der Waals surface area contributed by atoms with Gasteiger partial charge in [0.2, 0.25) is 0 Å². The Morgan fingerprint density at radius 3 is 2.04 bits per heavy atom. The number of aromatic amines is 1. The van der Waals surface area contributed by atoms with Gasteiger partial charge in [-0.3, -0.25) is 0 Å².